The van der Waals surface area contributed by atoms with Crippen LogP contribution in [0.25, 0.3) is 0 Å². The van der Waals surface area contributed by atoms with Crippen LogP contribution in [0.2, 0.25) is 0 Å². The normalized spacial score (nSPS) is 10.2. The van der Waals surface area contributed by atoms with Crippen LogP contribution in [-0.2, 0) is 4.79 Å². The average Bonchev–Trinajstić information content (AvgIpc) is 2.65. The summed E-state index contributed by atoms with van der Waals surface area (Å²) in [6.07, 6.45) is -0.0115. The van der Waals surface area contributed by atoms with Gasteiger partial charge in [-0.3, -0.25) is 9.59 Å². The minimum atomic E-state index is -1.17. The second-order valence-corrected chi connectivity index (χ2v) is 5.90. The number of Topliss-reactive ketones (excluding diaryl/α,β-unsaturated/α-hetero) is 1. The highest BCUT2D eigenvalue weighted by atomic mass is 16.5. The Morgan fingerprint density at radius 2 is 1.63 bits per heavy atom. The molecule has 142 valence electrons. The number of ketones is 1. The molecule has 0 aromatic heterocycles. The standard InChI is InChI=1S/C20H21NO6/c1-12-4-6-13(7-5-12)16(22)8-9-18(23)21-15-10-14(20(24)25)11-17(26-2)19(15)27-3/h4-7,10-11H,8-9H2,1-3H3,(H,21,23)(H,24,25). The summed E-state index contributed by atoms with van der Waals surface area (Å²) in [5.74, 6) is -1.35. The monoisotopic (exact) mass is 371 g/mol. The Morgan fingerprint density at radius 1 is 0.963 bits per heavy atom. The molecule has 2 aromatic carbocycles. The molecule has 1 amide bonds. The van der Waals surface area contributed by atoms with Gasteiger partial charge in [-0.15, -0.1) is 0 Å². The van der Waals surface area contributed by atoms with Gasteiger partial charge in [0.2, 0.25) is 5.91 Å². The first kappa shape index (κ1) is 20.0. The molecular weight excluding hydrogens is 350 g/mol. The third-order valence-electron chi connectivity index (χ3n) is 3.95. The number of rotatable bonds is 8. The molecule has 0 heterocycles. The molecule has 0 aliphatic heterocycles. The highest BCUT2D eigenvalue weighted by Gasteiger charge is 2.18. The van der Waals surface area contributed by atoms with E-state index in [1.165, 1.54) is 26.4 Å². The highest BCUT2D eigenvalue weighted by Crippen LogP contribution is 2.36. The third kappa shape index (κ3) is 5.07. The molecule has 0 atom stereocenters. The Hall–Kier alpha value is -3.35. The zero-order valence-electron chi connectivity index (χ0n) is 15.4. The predicted octanol–water partition coefficient (Wildman–Crippen LogP) is 3.31. The number of hydrogen-bond acceptors (Lipinski definition) is 5. The number of hydrogen-bond donors (Lipinski definition) is 2. The molecule has 0 spiro atoms. The van der Waals surface area contributed by atoms with E-state index in [1.54, 1.807) is 12.1 Å². The van der Waals surface area contributed by atoms with Crippen molar-refractivity contribution in [3.63, 3.8) is 0 Å². The second kappa shape index (κ2) is 8.84. The fourth-order valence-electron chi connectivity index (χ4n) is 2.50. The fraction of sp³-hybridized carbons (Fsp3) is 0.250. The van der Waals surface area contributed by atoms with Gasteiger partial charge in [0, 0.05) is 18.4 Å². The van der Waals surface area contributed by atoms with Gasteiger partial charge in [0.05, 0.1) is 25.5 Å². The van der Waals surface area contributed by atoms with Crippen LogP contribution in [0.5, 0.6) is 11.5 Å². The van der Waals surface area contributed by atoms with Gasteiger partial charge in [-0.1, -0.05) is 29.8 Å². The quantitative estimate of drug-likeness (QED) is 0.690. The molecule has 27 heavy (non-hydrogen) atoms. The van der Waals surface area contributed by atoms with Crippen molar-refractivity contribution in [2.24, 2.45) is 0 Å². The number of amides is 1. The van der Waals surface area contributed by atoms with Gasteiger partial charge in [-0.05, 0) is 19.1 Å². The first-order valence-electron chi connectivity index (χ1n) is 8.24. The molecule has 0 aliphatic rings. The number of aromatic carboxylic acids is 1. The van der Waals surface area contributed by atoms with Crippen molar-refractivity contribution in [3.8, 4) is 11.5 Å². The lowest BCUT2D eigenvalue weighted by molar-refractivity contribution is -0.116. The van der Waals surface area contributed by atoms with E-state index in [2.05, 4.69) is 5.32 Å². The average molecular weight is 371 g/mol. The van der Waals surface area contributed by atoms with Crippen LogP contribution >= 0.6 is 0 Å². The molecule has 2 rings (SSSR count). The van der Waals surface area contributed by atoms with E-state index < -0.39 is 11.9 Å². The number of methoxy groups -OCH3 is 2. The molecule has 0 saturated heterocycles. The predicted molar refractivity (Wildman–Crippen MR) is 99.9 cm³/mol. The van der Waals surface area contributed by atoms with E-state index in [-0.39, 0.29) is 41.4 Å². The Balaban J connectivity index is 2.10. The van der Waals surface area contributed by atoms with Crippen molar-refractivity contribution in [1.29, 1.82) is 0 Å². The van der Waals surface area contributed by atoms with Crippen molar-refractivity contribution in [2.45, 2.75) is 19.8 Å². The van der Waals surface area contributed by atoms with Gasteiger partial charge < -0.3 is 19.9 Å². The van der Waals surface area contributed by atoms with Crippen LogP contribution in [-0.4, -0.2) is 37.0 Å². The highest BCUT2D eigenvalue weighted by molar-refractivity contribution is 6.01. The fourth-order valence-corrected chi connectivity index (χ4v) is 2.50. The number of aryl methyl sites for hydroxylation is 1. The summed E-state index contributed by atoms with van der Waals surface area (Å²) in [5.41, 5.74) is 1.70. The molecule has 7 heteroatoms. The molecule has 2 aromatic rings. The van der Waals surface area contributed by atoms with E-state index in [4.69, 9.17) is 9.47 Å². The van der Waals surface area contributed by atoms with Crippen molar-refractivity contribution in [1.82, 2.24) is 0 Å². The molecular formula is C20H21NO6. The molecule has 0 saturated carbocycles. The molecule has 7 nitrogen and oxygen atoms in total. The van der Waals surface area contributed by atoms with Crippen LogP contribution in [0.1, 0.15) is 39.1 Å². The maximum absolute atomic E-state index is 12.2. The van der Waals surface area contributed by atoms with E-state index in [1.807, 2.05) is 19.1 Å². The second-order valence-electron chi connectivity index (χ2n) is 5.90. The lowest BCUT2D eigenvalue weighted by Gasteiger charge is -2.14. The molecule has 0 fully saturated rings. The van der Waals surface area contributed by atoms with Gasteiger partial charge in [0.25, 0.3) is 0 Å². The summed E-state index contributed by atoms with van der Waals surface area (Å²) in [4.78, 5) is 35.7. The summed E-state index contributed by atoms with van der Waals surface area (Å²) >= 11 is 0. The number of carboxylic acid groups (broad SMARTS) is 1. The van der Waals surface area contributed by atoms with E-state index in [0.717, 1.165) is 5.56 Å². The minimum absolute atomic E-state index is 0.0347. The molecule has 2 N–H and O–H groups in total. The SMILES string of the molecule is COc1cc(C(=O)O)cc(NC(=O)CCC(=O)c2ccc(C)cc2)c1OC. The molecule has 0 bridgehead atoms. The Labute approximate surface area is 156 Å². The summed E-state index contributed by atoms with van der Waals surface area (Å²) < 4.78 is 10.3. The summed E-state index contributed by atoms with van der Waals surface area (Å²) in [6, 6.07) is 9.70. The zero-order valence-corrected chi connectivity index (χ0v) is 15.4. The van der Waals surface area contributed by atoms with E-state index in [0.29, 0.717) is 5.56 Å². The lowest BCUT2D eigenvalue weighted by atomic mass is 10.0. The van der Waals surface area contributed by atoms with Gasteiger partial charge >= 0.3 is 5.97 Å². The Morgan fingerprint density at radius 3 is 2.19 bits per heavy atom. The number of carbonyl (C=O) groups is 3. The maximum Gasteiger partial charge on any atom is 0.335 e. The van der Waals surface area contributed by atoms with Crippen molar-refractivity contribution in [3.05, 3.63) is 53.1 Å². The number of carbonyl (C=O) groups excluding carboxylic acids is 2. The Kier molecular flexibility index (Phi) is 6.54. The minimum Gasteiger partial charge on any atom is -0.493 e. The number of carboxylic acids is 1. The van der Waals surface area contributed by atoms with E-state index in [9.17, 15) is 19.5 Å². The first-order valence-corrected chi connectivity index (χ1v) is 8.24. The zero-order chi connectivity index (χ0) is 20.0. The topological polar surface area (TPSA) is 102 Å². The first-order chi connectivity index (χ1) is 12.8. The molecule has 0 aliphatic carbocycles. The summed E-state index contributed by atoms with van der Waals surface area (Å²) in [6.45, 7) is 1.93. The van der Waals surface area contributed by atoms with Crippen molar-refractivity contribution >= 4 is 23.3 Å². The largest absolute Gasteiger partial charge is 0.493 e. The van der Waals surface area contributed by atoms with Gasteiger partial charge in [-0.25, -0.2) is 4.79 Å². The number of nitrogens with one attached hydrogen (secondary N) is 1. The van der Waals surface area contributed by atoms with Crippen LogP contribution in [0, 0.1) is 6.92 Å². The van der Waals surface area contributed by atoms with Gasteiger partial charge in [-0.2, -0.15) is 0 Å². The summed E-state index contributed by atoms with van der Waals surface area (Å²) in [5, 5.41) is 11.8. The molecule has 0 unspecified atom stereocenters. The van der Waals surface area contributed by atoms with Crippen LogP contribution in [0.3, 0.4) is 0 Å². The van der Waals surface area contributed by atoms with Gasteiger partial charge in [0.1, 0.15) is 0 Å². The van der Waals surface area contributed by atoms with E-state index >= 15 is 0 Å². The lowest BCUT2D eigenvalue weighted by Crippen LogP contribution is -2.15. The van der Waals surface area contributed by atoms with Crippen molar-refractivity contribution < 1.29 is 29.0 Å². The number of anilines is 1. The summed E-state index contributed by atoms with van der Waals surface area (Å²) in [7, 11) is 2.75. The van der Waals surface area contributed by atoms with Crippen LogP contribution in [0.15, 0.2) is 36.4 Å². The third-order valence-corrected chi connectivity index (χ3v) is 3.95. The number of benzene rings is 2. The Bertz CT molecular complexity index is 858. The van der Waals surface area contributed by atoms with Crippen LogP contribution < -0.4 is 14.8 Å². The van der Waals surface area contributed by atoms with Crippen molar-refractivity contribution in [2.75, 3.05) is 19.5 Å². The van der Waals surface area contributed by atoms with Crippen LogP contribution in [0.4, 0.5) is 5.69 Å². The maximum atomic E-state index is 12.2. The molecule has 0 radical (unpaired) electrons. The van der Waals surface area contributed by atoms with Gasteiger partial charge in [0.15, 0.2) is 17.3 Å². The smallest absolute Gasteiger partial charge is 0.335 e. The number of ether oxygens (including phenoxy) is 2.